The SMILES string of the molecule is CNCc1cc2c(cc1C(C)F)OCCO2. The van der Waals surface area contributed by atoms with Gasteiger partial charge in [-0.1, -0.05) is 0 Å². The molecule has 3 nitrogen and oxygen atoms in total. The summed E-state index contributed by atoms with van der Waals surface area (Å²) in [4.78, 5) is 0. The molecule has 1 aliphatic heterocycles. The van der Waals surface area contributed by atoms with Gasteiger partial charge >= 0.3 is 0 Å². The Morgan fingerprint density at radius 1 is 1.31 bits per heavy atom. The summed E-state index contributed by atoms with van der Waals surface area (Å²) in [7, 11) is 1.84. The first-order chi connectivity index (χ1) is 7.72. The zero-order chi connectivity index (χ0) is 11.5. The molecular formula is C12H16FNO2. The van der Waals surface area contributed by atoms with Crippen LogP contribution in [0.5, 0.6) is 11.5 Å². The molecule has 1 aromatic rings. The Kier molecular flexibility index (Phi) is 3.29. The molecule has 1 aromatic carbocycles. The highest BCUT2D eigenvalue weighted by molar-refractivity contribution is 5.48. The van der Waals surface area contributed by atoms with Crippen LogP contribution in [-0.4, -0.2) is 20.3 Å². The maximum absolute atomic E-state index is 13.5. The maximum atomic E-state index is 13.5. The number of halogens is 1. The predicted molar refractivity (Wildman–Crippen MR) is 59.7 cm³/mol. The number of hydrogen-bond donors (Lipinski definition) is 1. The zero-order valence-electron chi connectivity index (χ0n) is 9.55. The molecule has 0 saturated heterocycles. The molecule has 0 spiro atoms. The van der Waals surface area contributed by atoms with Gasteiger partial charge in [0.15, 0.2) is 11.5 Å². The average Bonchev–Trinajstić information content (AvgIpc) is 2.28. The van der Waals surface area contributed by atoms with E-state index in [0.717, 1.165) is 5.56 Å². The molecule has 1 unspecified atom stereocenters. The molecule has 0 fully saturated rings. The van der Waals surface area contributed by atoms with Crippen molar-refractivity contribution in [2.24, 2.45) is 0 Å². The average molecular weight is 225 g/mol. The Morgan fingerprint density at radius 2 is 1.94 bits per heavy atom. The number of ether oxygens (including phenoxy) is 2. The van der Waals surface area contributed by atoms with Gasteiger partial charge in [0.1, 0.15) is 19.4 Å². The van der Waals surface area contributed by atoms with Crippen LogP contribution in [0.2, 0.25) is 0 Å². The first kappa shape index (κ1) is 11.2. The molecule has 0 saturated carbocycles. The van der Waals surface area contributed by atoms with Gasteiger partial charge in [-0.2, -0.15) is 0 Å². The van der Waals surface area contributed by atoms with E-state index in [9.17, 15) is 4.39 Å². The van der Waals surface area contributed by atoms with E-state index in [0.29, 0.717) is 36.8 Å². The fourth-order valence-electron chi connectivity index (χ4n) is 1.86. The van der Waals surface area contributed by atoms with E-state index in [-0.39, 0.29) is 0 Å². The number of benzene rings is 1. The molecule has 1 aliphatic rings. The minimum Gasteiger partial charge on any atom is -0.486 e. The third kappa shape index (κ3) is 2.11. The van der Waals surface area contributed by atoms with E-state index >= 15 is 0 Å². The maximum Gasteiger partial charge on any atom is 0.161 e. The van der Waals surface area contributed by atoms with E-state index in [2.05, 4.69) is 5.32 Å². The Morgan fingerprint density at radius 3 is 2.50 bits per heavy atom. The lowest BCUT2D eigenvalue weighted by atomic mass is 10.0. The van der Waals surface area contributed by atoms with Crippen LogP contribution in [0.4, 0.5) is 4.39 Å². The largest absolute Gasteiger partial charge is 0.486 e. The molecule has 0 radical (unpaired) electrons. The van der Waals surface area contributed by atoms with E-state index in [4.69, 9.17) is 9.47 Å². The molecule has 0 amide bonds. The summed E-state index contributed by atoms with van der Waals surface area (Å²) in [6.07, 6.45) is -1.00. The smallest absolute Gasteiger partial charge is 0.161 e. The first-order valence-corrected chi connectivity index (χ1v) is 5.43. The fourth-order valence-corrected chi connectivity index (χ4v) is 1.86. The minimum atomic E-state index is -1.00. The number of hydrogen-bond acceptors (Lipinski definition) is 3. The Bertz CT molecular complexity index is 380. The van der Waals surface area contributed by atoms with Crippen molar-refractivity contribution in [3.05, 3.63) is 23.3 Å². The highest BCUT2D eigenvalue weighted by Crippen LogP contribution is 2.36. The molecule has 0 bridgehead atoms. The van der Waals surface area contributed by atoms with Crippen LogP contribution in [0.25, 0.3) is 0 Å². The van der Waals surface area contributed by atoms with Crippen molar-refractivity contribution in [3.63, 3.8) is 0 Å². The van der Waals surface area contributed by atoms with Crippen LogP contribution < -0.4 is 14.8 Å². The first-order valence-electron chi connectivity index (χ1n) is 5.43. The third-order valence-corrected chi connectivity index (χ3v) is 2.60. The normalized spacial score (nSPS) is 15.9. The lowest BCUT2D eigenvalue weighted by Crippen LogP contribution is -2.17. The van der Waals surface area contributed by atoms with Crippen molar-refractivity contribution in [3.8, 4) is 11.5 Å². The standard InChI is InChI=1S/C12H16FNO2/c1-8(13)10-6-12-11(15-3-4-16-12)5-9(10)7-14-2/h5-6,8,14H,3-4,7H2,1-2H3. The van der Waals surface area contributed by atoms with Gasteiger partial charge in [-0.15, -0.1) is 0 Å². The summed E-state index contributed by atoms with van der Waals surface area (Å²) in [6.45, 7) is 3.24. The summed E-state index contributed by atoms with van der Waals surface area (Å²) in [5.74, 6) is 1.35. The van der Waals surface area contributed by atoms with Gasteiger partial charge in [0, 0.05) is 6.54 Å². The summed E-state index contributed by atoms with van der Waals surface area (Å²) in [5.41, 5.74) is 1.58. The summed E-state index contributed by atoms with van der Waals surface area (Å²) >= 11 is 0. The van der Waals surface area contributed by atoms with Crippen molar-refractivity contribution < 1.29 is 13.9 Å². The molecule has 1 N–H and O–H groups in total. The van der Waals surface area contributed by atoms with Gasteiger partial charge in [-0.3, -0.25) is 0 Å². The van der Waals surface area contributed by atoms with Gasteiger partial charge in [0.25, 0.3) is 0 Å². The summed E-state index contributed by atoms with van der Waals surface area (Å²) in [6, 6.07) is 3.60. The van der Waals surface area contributed by atoms with Gasteiger partial charge in [-0.05, 0) is 37.2 Å². The zero-order valence-corrected chi connectivity index (χ0v) is 9.55. The van der Waals surface area contributed by atoms with Crippen molar-refractivity contribution >= 4 is 0 Å². The fraction of sp³-hybridized carbons (Fsp3) is 0.500. The van der Waals surface area contributed by atoms with Crippen molar-refractivity contribution in [1.29, 1.82) is 0 Å². The van der Waals surface area contributed by atoms with E-state index < -0.39 is 6.17 Å². The highest BCUT2D eigenvalue weighted by atomic mass is 19.1. The molecule has 0 aliphatic carbocycles. The Hall–Kier alpha value is -1.29. The Labute approximate surface area is 94.6 Å². The van der Waals surface area contributed by atoms with Crippen LogP contribution in [0.1, 0.15) is 24.2 Å². The van der Waals surface area contributed by atoms with Crippen molar-refractivity contribution in [2.45, 2.75) is 19.6 Å². The summed E-state index contributed by atoms with van der Waals surface area (Å²) < 4.78 is 24.4. The minimum absolute atomic E-state index is 0.526. The van der Waals surface area contributed by atoms with Crippen LogP contribution >= 0.6 is 0 Å². The molecule has 16 heavy (non-hydrogen) atoms. The van der Waals surface area contributed by atoms with Crippen LogP contribution in [0, 0.1) is 0 Å². The lowest BCUT2D eigenvalue weighted by molar-refractivity contribution is 0.170. The molecule has 1 atom stereocenters. The molecule has 88 valence electrons. The highest BCUT2D eigenvalue weighted by Gasteiger charge is 2.18. The topological polar surface area (TPSA) is 30.5 Å². The van der Waals surface area contributed by atoms with Crippen LogP contribution in [0.3, 0.4) is 0 Å². The second-order valence-electron chi connectivity index (χ2n) is 3.84. The second kappa shape index (κ2) is 4.70. The monoisotopic (exact) mass is 225 g/mol. The molecular weight excluding hydrogens is 209 g/mol. The number of fused-ring (bicyclic) bond motifs is 1. The number of nitrogens with one attached hydrogen (secondary N) is 1. The Balaban J connectivity index is 2.41. The molecule has 2 rings (SSSR count). The van der Waals surface area contributed by atoms with E-state index in [1.807, 2.05) is 13.1 Å². The number of rotatable bonds is 3. The van der Waals surface area contributed by atoms with Crippen LogP contribution in [-0.2, 0) is 6.54 Å². The van der Waals surface area contributed by atoms with Gasteiger partial charge < -0.3 is 14.8 Å². The van der Waals surface area contributed by atoms with Gasteiger partial charge in [-0.25, -0.2) is 4.39 Å². The van der Waals surface area contributed by atoms with Gasteiger partial charge in [0.05, 0.1) is 0 Å². The summed E-state index contributed by atoms with van der Waals surface area (Å²) in [5, 5.41) is 3.02. The molecule has 0 aromatic heterocycles. The second-order valence-corrected chi connectivity index (χ2v) is 3.84. The third-order valence-electron chi connectivity index (χ3n) is 2.60. The van der Waals surface area contributed by atoms with E-state index in [1.165, 1.54) is 6.92 Å². The van der Waals surface area contributed by atoms with E-state index in [1.54, 1.807) is 6.07 Å². The van der Waals surface area contributed by atoms with Crippen molar-refractivity contribution in [1.82, 2.24) is 5.32 Å². The van der Waals surface area contributed by atoms with Gasteiger partial charge in [0.2, 0.25) is 0 Å². The molecule has 4 heteroatoms. The van der Waals surface area contributed by atoms with Crippen LogP contribution in [0.15, 0.2) is 12.1 Å². The number of alkyl halides is 1. The van der Waals surface area contributed by atoms with Crippen molar-refractivity contribution in [2.75, 3.05) is 20.3 Å². The molecule has 1 heterocycles. The quantitative estimate of drug-likeness (QED) is 0.855. The predicted octanol–water partition coefficient (Wildman–Crippen LogP) is 2.21. The lowest BCUT2D eigenvalue weighted by Gasteiger charge is -2.21.